The van der Waals surface area contributed by atoms with Crippen molar-refractivity contribution in [2.45, 2.75) is 0 Å². The molecule has 1 aliphatic rings. The second-order valence-electron chi connectivity index (χ2n) is 8.48. The van der Waals surface area contributed by atoms with E-state index in [1.807, 2.05) is 53.4 Å². The summed E-state index contributed by atoms with van der Waals surface area (Å²) in [5, 5.41) is 4.63. The fourth-order valence-corrected chi connectivity index (χ4v) is 4.38. The molecule has 36 heavy (non-hydrogen) atoms. The van der Waals surface area contributed by atoms with Gasteiger partial charge in [-0.15, -0.1) is 0 Å². The standard InChI is InChI=1S/C28H27FN4O3/c1-35-22-11-7-20(8-12-22)31-15-17-32(18-16-31)28(34)27-19-26(24-5-3-4-6-25(24)29)30-33(27)21-9-13-23(36-2)14-10-21/h3-14,19H,15-18H2,1-2H3. The third-order valence-corrected chi connectivity index (χ3v) is 6.40. The van der Waals surface area contributed by atoms with Crippen LogP contribution in [-0.4, -0.2) is 61.0 Å². The first kappa shape index (κ1) is 23.4. The summed E-state index contributed by atoms with van der Waals surface area (Å²) in [5.74, 6) is 0.979. The van der Waals surface area contributed by atoms with E-state index in [9.17, 15) is 9.18 Å². The van der Waals surface area contributed by atoms with Crippen LogP contribution in [-0.2, 0) is 0 Å². The first-order chi connectivity index (χ1) is 17.6. The average Bonchev–Trinajstić information content (AvgIpc) is 3.38. The molecule has 0 radical (unpaired) electrons. The Kier molecular flexibility index (Phi) is 6.58. The van der Waals surface area contributed by atoms with Crippen molar-refractivity contribution in [2.24, 2.45) is 0 Å². The predicted molar refractivity (Wildman–Crippen MR) is 137 cm³/mol. The number of amides is 1. The number of ether oxygens (including phenoxy) is 2. The fraction of sp³-hybridized carbons (Fsp3) is 0.214. The smallest absolute Gasteiger partial charge is 0.272 e. The number of piperazine rings is 1. The van der Waals surface area contributed by atoms with Gasteiger partial charge >= 0.3 is 0 Å². The van der Waals surface area contributed by atoms with Crippen LogP contribution in [0.1, 0.15) is 10.5 Å². The maximum absolute atomic E-state index is 14.6. The molecule has 184 valence electrons. The highest BCUT2D eigenvalue weighted by molar-refractivity contribution is 5.94. The molecule has 3 aromatic carbocycles. The third kappa shape index (κ3) is 4.62. The lowest BCUT2D eigenvalue weighted by atomic mass is 10.1. The number of anilines is 1. The monoisotopic (exact) mass is 486 g/mol. The highest BCUT2D eigenvalue weighted by atomic mass is 19.1. The van der Waals surface area contributed by atoms with Crippen molar-refractivity contribution < 1.29 is 18.7 Å². The fourth-order valence-electron chi connectivity index (χ4n) is 4.38. The molecular formula is C28H27FN4O3. The Morgan fingerprint density at radius 1 is 0.806 bits per heavy atom. The number of methoxy groups -OCH3 is 2. The molecule has 4 aromatic rings. The average molecular weight is 487 g/mol. The number of carbonyl (C=O) groups is 1. The quantitative estimate of drug-likeness (QED) is 0.397. The Morgan fingerprint density at radius 2 is 1.39 bits per heavy atom. The molecule has 1 aromatic heterocycles. The number of rotatable bonds is 6. The van der Waals surface area contributed by atoms with Crippen LogP contribution in [0.5, 0.6) is 11.5 Å². The second-order valence-corrected chi connectivity index (χ2v) is 8.48. The third-order valence-electron chi connectivity index (χ3n) is 6.40. The van der Waals surface area contributed by atoms with Crippen LogP contribution in [0.3, 0.4) is 0 Å². The Hall–Kier alpha value is -4.33. The van der Waals surface area contributed by atoms with E-state index in [4.69, 9.17) is 9.47 Å². The lowest BCUT2D eigenvalue weighted by molar-refractivity contribution is 0.0737. The Balaban J connectivity index is 1.42. The number of carbonyl (C=O) groups excluding carboxylic acids is 1. The molecule has 0 bridgehead atoms. The van der Waals surface area contributed by atoms with E-state index in [0.717, 1.165) is 11.4 Å². The van der Waals surface area contributed by atoms with Gasteiger partial charge in [-0.05, 0) is 66.7 Å². The van der Waals surface area contributed by atoms with Gasteiger partial charge in [-0.2, -0.15) is 5.10 Å². The number of hydrogen-bond acceptors (Lipinski definition) is 5. The van der Waals surface area contributed by atoms with Gasteiger partial charge in [0.2, 0.25) is 0 Å². The molecule has 0 unspecified atom stereocenters. The SMILES string of the molecule is COc1ccc(N2CCN(C(=O)c3cc(-c4ccccc4F)nn3-c3ccc(OC)cc3)CC2)cc1. The molecule has 8 heteroatoms. The van der Waals surface area contributed by atoms with Crippen molar-refractivity contribution in [3.8, 4) is 28.4 Å². The first-order valence-electron chi connectivity index (χ1n) is 11.7. The van der Waals surface area contributed by atoms with E-state index in [1.54, 1.807) is 43.2 Å². The van der Waals surface area contributed by atoms with E-state index in [2.05, 4.69) is 10.00 Å². The maximum atomic E-state index is 14.6. The zero-order valence-electron chi connectivity index (χ0n) is 20.2. The zero-order chi connectivity index (χ0) is 25.1. The number of nitrogens with zero attached hydrogens (tertiary/aromatic N) is 4. The van der Waals surface area contributed by atoms with Crippen LogP contribution in [0.4, 0.5) is 10.1 Å². The minimum Gasteiger partial charge on any atom is -0.497 e. The molecule has 0 spiro atoms. The Morgan fingerprint density at radius 3 is 1.97 bits per heavy atom. The van der Waals surface area contributed by atoms with Crippen molar-refractivity contribution in [3.05, 3.63) is 90.4 Å². The molecule has 1 amide bonds. The lowest BCUT2D eigenvalue weighted by Crippen LogP contribution is -2.49. The van der Waals surface area contributed by atoms with E-state index >= 15 is 0 Å². The number of benzene rings is 3. The number of halogens is 1. The van der Waals surface area contributed by atoms with E-state index in [-0.39, 0.29) is 11.7 Å². The van der Waals surface area contributed by atoms with Gasteiger partial charge < -0.3 is 19.3 Å². The molecule has 5 rings (SSSR count). The van der Waals surface area contributed by atoms with Crippen molar-refractivity contribution in [1.82, 2.24) is 14.7 Å². The largest absolute Gasteiger partial charge is 0.497 e. The van der Waals surface area contributed by atoms with Gasteiger partial charge in [0.05, 0.1) is 25.6 Å². The summed E-state index contributed by atoms with van der Waals surface area (Å²) in [6.45, 7) is 2.53. The van der Waals surface area contributed by atoms with Gasteiger partial charge in [-0.3, -0.25) is 4.79 Å². The van der Waals surface area contributed by atoms with Gasteiger partial charge in [0, 0.05) is 37.4 Å². The van der Waals surface area contributed by atoms with Crippen LogP contribution in [0.15, 0.2) is 78.9 Å². The minimum absolute atomic E-state index is 0.143. The summed E-state index contributed by atoms with van der Waals surface area (Å²) in [4.78, 5) is 17.8. The number of hydrogen-bond donors (Lipinski definition) is 0. The summed E-state index contributed by atoms with van der Waals surface area (Å²) >= 11 is 0. The molecule has 7 nitrogen and oxygen atoms in total. The summed E-state index contributed by atoms with van der Waals surface area (Å²) in [7, 11) is 3.24. The van der Waals surface area contributed by atoms with E-state index in [1.165, 1.54) is 6.07 Å². The van der Waals surface area contributed by atoms with Gasteiger partial charge in [0.15, 0.2) is 0 Å². The van der Waals surface area contributed by atoms with Crippen molar-refractivity contribution >= 4 is 11.6 Å². The molecule has 2 heterocycles. The summed E-state index contributed by atoms with van der Waals surface area (Å²) in [6, 6.07) is 23.3. The maximum Gasteiger partial charge on any atom is 0.272 e. The van der Waals surface area contributed by atoms with Gasteiger partial charge in [0.1, 0.15) is 23.0 Å². The molecular weight excluding hydrogens is 459 g/mol. The molecule has 0 N–H and O–H groups in total. The number of aromatic nitrogens is 2. The highest BCUT2D eigenvalue weighted by Crippen LogP contribution is 2.27. The van der Waals surface area contributed by atoms with Crippen molar-refractivity contribution in [1.29, 1.82) is 0 Å². The first-order valence-corrected chi connectivity index (χ1v) is 11.7. The predicted octanol–water partition coefficient (Wildman–Crippen LogP) is 4.66. The van der Waals surface area contributed by atoms with E-state index in [0.29, 0.717) is 54.6 Å². The van der Waals surface area contributed by atoms with E-state index < -0.39 is 0 Å². The molecule has 1 fully saturated rings. The molecule has 1 aliphatic heterocycles. The normalized spacial score (nSPS) is 13.5. The van der Waals surface area contributed by atoms with Crippen molar-refractivity contribution in [2.75, 3.05) is 45.3 Å². The van der Waals surface area contributed by atoms with Gasteiger partial charge in [-0.1, -0.05) is 12.1 Å². The summed E-state index contributed by atoms with van der Waals surface area (Å²) < 4.78 is 26.6. The van der Waals surface area contributed by atoms with Gasteiger partial charge in [0.25, 0.3) is 5.91 Å². The Bertz CT molecular complexity index is 1340. The topological polar surface area (TPSA) is 59.8 Å². The minimum atomic E-state index is -0.385. The highest BCUT2D eigenvalue weighted by Gasteiger charge is 2.27. The van der Waals surface area contributed by atoms with Crippen LogP contribution in [0, 0.1) is 5.82 Å². The summed E-state index contributed by atoms with van der Waals surface area (Å²) in [6.07, 6.45) is 0. The molecule has 0 saturated carbocycles. The van der Waals surface area contributed by atoms with Crippen LogP contribution < -0.4 is 14.4 Å². The van der Waals surface area contributed by atoms with Crippen LogP contribution >= 0.6 is 0 Å². The second kappa shape index (κ2) is 10.1. The molecule has 1 saturated heterocycles. The van der Waals surface area contributed by atoms with Crippen molar-refractivity contribution in [3.63, 3.8) is 0 Å². The summed E-state index contributed by atoms with van der Waals surface area (Å²) in [5.41, 5.74) is 2.93. The van der Waals surface area contributed by atoms with Crippen LogP contribution in [0.2, 0.25) is 0 Å². The Labute approximate surface area is 209 Å². The van der Waals surface area contributed by atoms with Crippen LogP contribution in [0.25, 0.3) is 16.9 Å². The zero-order valence-corrected chi connectivity index (χ0v) is 20.2. The van der Waals surface area contributed by atoms with Gasteiger partial charge in [-0.25, -0.2) is 9.07 Å². The lowest BCUT2D eigenvalue weighted by Gasteiger charge is -2.36. The molecule has 0 atom stereocenters. The molecule has 0 aliphatic carbocycles.